The van der Waals surface area contributed by atoms with Crippen LogP contribution in [0.2, 0.25) is 0 Å². The lowest BCUT2D eigenvalue weighted by Gasteiger charge is -2.10. The molecule has 0 amide bonds. The number of aryl methyl sites for hydroxylation is 3. The molecule has 0 bridgehead atoms. The van der Waals surface area contributed by atoms with Crippen LogP contribution in [0, 0.1) is 20.8 Å². The maximum Gasteiger partial charge on any atom is 0.263 e. The van der Waals surface area contributed by atoms with E-state index in [0.29, 0.717) is 11.4 Å². The fourth-order valence-corrected chi connectivity index (χ4v) is 3.12. The van der Waals surface area contributed by atoms with Gasteiger partial charge in [0.1, 0.15) is 5.82 Å². The van der Waals surface area contributed by atoms with E-state index in [0.717, 1.165) is 11.3 Å². The molecular formula is C14H16N2O2S. The van der Waals surface area contributed by atoms with Crippen molar-refractivity contribution in [2.24, 2.45) is 0 Å². The Morgan fingerprint density at radius 3 is 2.47 bits per heavy atom. The van der Waals surface area contributed by atoms with E-state index in [1.54, 1.807) is 31.2 Å². The Balaban J connectivity index is 2.40. The predicted octanol–water partition coefficient (Wildman–Crippen LogP) is 2.81. The van der Waals surface area contributed by atoms with Crippen molar-refractivity contribution in [1.29, 1.82) is 0 Å². The van der Waals surface area contributed by atoms with Gasteiger partial charge in [0.2, 0.25) is 0 Å². The number of anilines is 1. The van der Waals surface area contributed by atoms with Crippen LogP contribution >= 0.6 is 0 Å². The summed E-state index contributed by atoms with van der Waals surface area (Å²) in [5.41, 5.74) is 2.38. The van der Waals surface area contributed by atoms with Crippen LogP contribution in [-0.2, 0) is 10.0 Å². The van der Waals surface area contributed by atoms with E-state index in [-0.39, 0.29) is 4.90 Å². The van der Waals surface area contributed by atoms with Crippen molar-refractivity contribution in [3.63, 3.8) is 0 Å². The third-order valence-corrected chi connectivity index (χ3v) is 4.26. The summed E-state index contributed by atoms with van der Waals surface area (Å²) in [7, 11) is -3.60. The van der Waals surface area contributed by atoms with Crippen molar-refractivity contribution >= 4 is 15.8 Å². The number of nitrogens with one attached hydrogen (secondary N) is 1. The quantitative estimate of drug-likeness (QED) is 0.937. The smallest absolute Gasteiger partial charge is 0.263 e. The standard InChI is InChI=1S/C14H16N2O2S/c1-10-7-8-11(2)13(9-10)19(17,18)16-14-6-4-5-12(3)15-14/h4-9H,1-3H3,(H,15,16). The molecule has 100 valence electrons. The van der Waals surface area contributed by atoms with Gasteiger partial charge in [0, 0.05) is 5.69 Å². The summed E-state index contributed by atoms with van der Waals surface area (Å²) >= 11 is 0. The Hall–Kier alpha value is -1.88. The zero-order valence-corrected chi connectivity index (χ0v) is 12.0. The molecule has 0 aliphatic heterocycles. The maximum absolute atomic E-state index is 12.3. The van der Waals surface area contributed by atoms with E-state index in [1.807, 2.05) is 26.0 Å². The number of pyridine rings is 1. The Morgan fingerprint density at radius 1 is 1.05 bits per heavy atom. The molecule has 1 heterocycles. The lowest BCUT2D eigenvalue weighted by Crippen LogP contribution is -2.15. The molecule has 0 saturated carbocycles. The van der Waals surface area contributed by atoms with Crippen LogP contribution in [0.3, 0.4) is 0 Å². The van der Waals surface area contributed by atoms with E-state index >= 15 is 0 Å². The fraction of sp³-hybridized carbons (Fsp3) is 0.214. The van der Waals surface area contributed by atoms with E-state index in [4.69, 9.17) is 0 Å². The molecule has 19 heavy (non-hydrogen) atoms. The Morgan fingerprint density at radius 2 is 1.79 bits per heavy atom. The molecule has 1 aromatic heterocycles. The van der Waals surface area contributed by atoms with Gasteiger partial charge in [0.15, 0.2) is 0 Å². The highest BCUT2D eigenvalue weighted by Gasteiger charge is 2.17. The summed E-state index contributed by atoms with van der Waals surface area (Å²) in [6.07, 6.45) is 0. The van der Waals surface area contributed by atoms with Gasteiger partial charge in [-0.2, -0.15) is 0 Å². The Labute approximate surface area is 113 Å². The third kappa shape index (κ3) is 3.12. The van der Waals surface area contributed by atoms with Crippen molar-refractivity contribution < 1.29 is 8.42 Å². The molecule has 2 rings (SSSR count). The largest absolute Gasteiger partial charge is 0.263 e. The number of hydrogen-bond donors (Lipinski definition) is 1. The normalized spacial score (nSPS) is 11.3. The van der Waals surface area contributed by atoms with Crippen molar-refractivity contribution in [1.82, 2.24) is 4.98 Å². The first-order chi connectivity index (χ1) is 8.88. The summed E-state index contributed by atoms with van der Waals surface area (Å²) in [4.78, 5) is 4.43. The lowest BCUT2D eigenvalue weighted by molar-refractivity contribution is 0.600. The molecule has 0 radical (unpaired) electrons. The molecule has 0 aliphatic carbocycles. The SMILES string of the molecule is Cc1ccc(C)c(S(=O)(=O)Nc2cccc(C)n2)c1. The summed E-state index contributed by atoms with van der Waals surface area (Å²) in [6, 6.07) is 10.6. The van der Waals surface area contributed by atoms with Gasteiger partial charge in [-0.15, -0.1) is 0 Å². The van der Waals surface area contributed by atoms with Gasteiger partial charge in [-0.05, 0) is 50.1 Å². The van der Waals surface area contributed by atoms with Crippen LogP contribution < -0.4 is 4.72 Å². The summed E-state index contributed by atoms with van der Waals surface area (Å²) < 4.78 is 27.2. The number of sulfonamides is 1. The second-order valence-corrected chi connectivity index (χ2v) is 6.19. The average Bonchev–Trinajstić information content (AvgIpc) is 2.31. The highest BCUT2D eigenvalue weighted by molar-refractivity contribution is 7.92. The molecule has 0 unspecified atom stereocenters. The Bertz CT molecular complexity index is 709. The number of nitrogens with zero attached hydrogens (tertiary/aromatic N) is 1. The minimum Gasteiger partial charge on any atom is -0.263 e. The second-order valence-electron chi connectivity index (χ2n) is 4.54. The molecule has 1 aromatic carbocycles. The minimum atomic E-state index is -3.60. The molecule has 0 atom stereocenters. The molecule has 0 fully saturated rings. The first kappa shape index (κ1) is 13.5. The van der Waals surface area contributed by atoms with Gasteiger partial charge >= 0.3 is 0 Å². The van der Waals surface area contributed by atoms with Gasteiger partial charge in [-0.25, -0.2) is 13.4 Å². The van der Waals surface area contributed by atoms with Crippen LogP contribution in [0.25, 0.3) is 0 Å². The fourth-order valence-electron chi connectivity index (χ4n) is 1.79. The number of rotatable bonds is 3. The first-order valence-electron chi connectivity index (χ1n) is 5.92. The molecular weight excluding hydrogens is 260 g/mol. The van der Waals surface area contributed by atoms with Gasteiger partial charge in [-0.1, -0.05) is 18.2 Å². The van der Waals surface area contributed by atoms with Crippen molar-refractivity contribution in [3.8, 4) is 0 Å². The van der Waals surface area contributed by atoms with Crippen LogP contribution in [0.5, 0.6) is 0 Å². The minimum absolute atomic E-state index is 0.288. The average molecular weight is 276 g/mol. The van der Waals surface area contributed by atoms with Gasteiger partial charge in [0.05, 0.1) is 4.90 Å². The zero-order valence-electron chi connectivity index (χ0n) is 11.1. The van der Waals surface area contributed by atoms with Gasteiger partial charge in [0.25, 0.3) is 10.0 Å². The van der Waals surface area contributed by atoms with E-state index in [1.165, 1.54) is 0 Å². The van der Waals surface area contributed by atoms with Crippen LogP contribution in [0.4, 0.5) is 5.82 Å². The van der Waals surface area contributed by atoms with E-state index in [9.17, 15) is 8.42 Å². The van der Waals surface area contributed by atoms with E-state index < -0.39 is 10.0 Å². The monoisotopic (exact) mass is 276 g/mol. The summed E-state index contributed by atoms with van der Waals surface area (Å²) in [5.74, 6) is 0.334. The highest BCUT2D eigenvalue weighted by Crippen LogP contribution is 2.19. The van der Waals surface area contributed by atoms with E-state index in [2.05, 4.69) is 9.71 Å². The Kier molecular flexibility index (Phi) is 3.57. The number of hydrogen-bond acceptors (Lipinski definition) is 3. The van der Waals surface area contributed by atoms with Crippen LogP contribution in [-0.4, -0.2) is 13.4 Å². The lowest BCUT2D eigenvalue weighted by atomic mass is 10.2. The molecule has 2 aromatic rings. The van der Waals surface area contributed by atoms with Gasteiger partial charge in [-0.3, -0.25) is 4.72 Å². The molecule has 1 N–H and O–H groups in total. The maximum atomic E-state index is 12.3. The highest BCUT2D eigenvalue weighted by atomic mass is 32.2. The first-order valence-corrected chi connectivity index (χ1v) is 7.40. The molecule has 0 aliphatic rings. The molecule has 4 nitrogen and oxygen atoms in total. The molecule has 0 spiro atoms. The third-order valence-electron chi connectivity index (χ3n) is 2.76. The topological polar surface area (TPSA) is 59.1 Å². The van der Waals surface area contributed by atoms with Crippen LogP contribution in [0.15, 0.2) is 41.3 Å². The van der Waals surface area contributed by atoms with Crippen molar-refractivity contribution in [3.05, 3.63) is 53.2 Å². The predicted molar refractivity (Wildman–Crippen MR) is 75.7 cm³/mol. The molecule has 5 heteroatoms. The second kappa shape index (κ2) is 5.01. The number of benzene rings is 1. The zero-order chi connectivity index (χ0) is 14.0. The summed E-state index contributed by atoms with van der Waals surface area (Å²) in [5, 5.41) is 0. The van der Waals surface area contributed by atoms with Crippen molar-refractivity contribution in [2.75, 3.05) is 4.72 Å². The molecule has 0 saturated heterocycles. The van der Waals surface area contributed by atoms with Crippen molar-refractivity contribution in [2.45, 2.75) is 25.7 Å². The number of aromatic nitrogens is 1. The summed E-state index contributed by atoms with van der Waals surface area (Å²) in [6.45, 7) is 5.46. The van der Waals surface area contributed by atoms with Gasteiger partial charge < -0.3 is 0 Å². The van der Waals surface area contributed by atoms with Crippen LogP contribution in [0.1, 0.15) is 16.8 Å².